The zero-order chi connectivity index (χ0) is 11.7. The molecule has 2 aromatic rings. The molecule has 1 aliphatic heterocycles. The van der Waals surface area contributed by atoms with Gasteiger partial charge in [-0.2, -0.15) is 4.98 Å². The second-order valence-electron chi connectivity index (χ2n) is 4.29. The Balaban J connectivity index is 1.80. The lowest BCUT2D eigenvalue weighted by atomic mass is 10.1. The molecule has 3 rings (SSSR count). The summed E-state index contributed by atoms with van der Waals surface area (Å²) in [6.07, 6.45) is 2.28. The fourth-order valence-corrected chi connectivity index (χ4v) is 2.09. The molecule has 2 heterocycles. The summed E-state index contributed by atoms with van der Waals surface area (Å²) in [5, 5.41) is 3.27. The summed E-state index contributed by atoms with van der Waals surface area (Å²) >= 11 is 0. The Morgan fingerprint density at radius 3 is 3.18 bits per heavy atom. The van der Waals surface area contributed by atoms with Crippen LogP contribution in [0.4, 0.5) is 4.39 Å². The highest BCUT2D eigenvalue weighted by molar-refractivity contribution is 5.75. The van der Waals surface area contributed by atoms with Gasteiger partial charge in [0.25, 0.3) is 6.01 Å². The van der Waals surface area contributed by atoms with Crippen LogP contribution < -0.4 is 10.1 Å². The van der Waals surface area contributed by atoms with Crippen LogP contribution in [0.1, 0.15) is 12.8 Å². The predicted octanol–water partition coefficient (Wildman–Crippen LogP) is 1.83. The molecule has 0 aliphatic carbocycles. The molecule has 1 fully saturated rings. The van der Waals surface area contributed by atoms with Crippen LogP contribution >= 0.6 is 0 Å². The highest BCUT2D eigenvalue weighted by Gasteiger charge is 2.16. The van der Waals surface area contributed by atoms with E-state index in [1.54, 1.807) is 6.07 Å². The molecule has 1 aromatic heterocycles. The lowest BCUT2D eigenvalue weighted by molar-refractivity contribution is 0.155. The molecule has 0 bridgehead atoms. The number of halogens is 1. The number of nitrogens with zero attached hydrogens (tertiary/aromatic N) is 1. The third-order valence-corrected chi connectivity index (χ3v) is 2.95. The molecule has 1 unspecified atom stereocenters. The van der Waals surface area contributed by atoms with Gasteiger partial charge in [-0.3, -0.25) is 0 Å². The molecular weight excluding hydrogens is 221 g/mol. The van der Waals surface area contributed by atoms with Crippen molar-refractivity contribution in [3.8, 4) is 6.01 Å². The first-order valence-corrected chi connectivity index (χ1v) is 5.84. The predicted molar refractivity (Wildman–Crippen MR) is 62.6 cm³/mol. The fourth-order valence-electron chi connectivity index (χ4n) is 2.09. The zero-order valence-electron chi connectivity index (χ0n) is 9.37. The van der Waals surface area contributed by atoms with Crippen molar-refractivity contribution in [1.82, 2.24) is 15.3 Å². The van der Waals surface area contributed by atoms with Crippen LogP contribution in [0.2, 0.25) is 0 Å². The molecule has 1 aliphatic rings. The summed E-state index contributed by atoms with van der Waals surface area (Å²) in [7, 11) is 0. The van der Waals surface area contributed by atoms with E-state index in [-0.39, 0.29) is 11.9 Å². The van der Waals surface area contributed by atoms with Gasteiger partial charge in [-0.1, -0.05) is 0 Å². The number of aromatic nitrogens is 2. The van der Waals surface area contributed by atoms with Crippen LogP contribution in [0.3, 0.4) is 0 Å². The van der Waals surface area contributed by atoms with Crippen molar-refractivity contribution in [3.05, 3.63) is 24.0 Å². The van der Waals surface area contributed by atoms with Crippen molar-refractivity contribution < 1.29 is 9.13 Å². The second-order valence-corrected chi connectivity index (χ2v) is 4.29. The number of piperidine rings is 1. The van der Waals surface area contributed by atoms with E-state index in [0.29, 0.717) is 11.5 Å². The first-order chi connectivity index (χ1) is 8.31. The molecule has 0 radical (unpaired) electrons. The number of nitrogens with one attached hydrogen (secondary N) is 2. The van der Waals surface area contributed by atoms with Gasteiger partial charge in [0.2, 0.25) is 0 Å². The van der Waals surface area contributed by atoms with Gasteiger partial charge in [0.05, 0.1) is 11.0 Å². The highest BCUT2D eigenvalue weighted by atomic mass is 19.1. The standard InChI is InChI=1S/C12H14FN3O/c13-8-3-4-10-11(6-8)16-12(15-10)17-9-2-1-5-14-7-9/h3-4,6,9,14H,1-2,5,7H2,(H,15,16). The number of rotatable bonds is 2. The van der Waals surface area contributed by atoms with Crippen molar-refractivity contribution in [2.75, 3.05) is 13.1 Å². The number of H-pyrrole nitrogens is 1. The Hall–Kier alpha value is -1.62. The first kappa shape index (κ1) is 10.5. The number of imidazole rings is 1. The number of hydrogen-bond acceptors (Lipinski definition) is 3. The summed E-state index contributed by atoms with van der Waals surface area (Å²) in [5.74, 6) is -0.271. The van der Waals surface area contributed by atoms with Crippen molar-refractivity contribution in [3.63, 3.8) is 0 Å². The van der Waals surface area contributed by atoms with E-state index in [4.69, 9.17) is 4.74 Å². The van der Waals surface area contributed by atoms with Crippen LogP contribution in [0, 0.1) is 5.82 Å². The Kier molecular flexibility index (Phi) is 2.68. The van der Waals surface area contributed by atoms with E-state index in [1.807, 2.05) is 0 Å². The van der Waals surface area contributed by atoms with Crippen LogP contribution in [-0.4, -0.2) is 29.2 Å². The Bertz CT molecular complexity index is 519. The fraction of sp³-hybridized carbons (Fsp3) is 0.417. The Morgan fingerprint density at radius 2 is 2.35 bits per heavy atom. The van der Waals surface area contributed by atoms with Gasteiger partial charge in [-0.15, -0.1) is 0 Å². The van der Waals surface area contributed by atoms with Crippen LogP contribution in [0.25, 0.3) is 11.0 Å². The summed E-state index contributed by atoms with van der Waals surface area (Å²) in [6, 6.07) is 4.94. The molecule has 1 aromatic carbocycles. The van der Waals surface area contributed by atoms with E-state index in [9.17, 15) is 4.39 Å². The van der Waals surface area contributed by atoms with Gasteiger partial charge in [0.15, 0.2) is 0 Å². The van der Waals surface area contributed by atoms with Gasteiger partial charge < -0.3 is 15.0 Å². The van der Waals surface area contributed by atoms with Crippen molar-refractivity contribution in [2.45, 2.75) is 18.9 Å². The molecule has 0 amide bonds. The van der Waals surface area contributed by atoms with E-state index < -0.39 is 0 Å². The normalized spacial score (nSPS) is 20.6. The second kappa shape index (κ2) is 4.33. The quantitative estimate of drug-likeness (QED) is 0.835. The lowest BCUT2D eigenvalue weighted by Crippen LogP contribution is -2.37. The van der Waals surface area contributed by atoms with E-state index in [2.05, 4.69) is 15.3 Å². The summed E-state index contributed by atoms with van der Waals surface area (Å²) in [6.45, 7) is 1.89. The molecule has 1 saturated heterocycles. The molecule has 4 nitrogen and oxygen atoms in total. The number of hydrogen-bond donors (Lipinski definition) is 2. The average molecular weight is 235 g/mol. The smallest absolute Gasteiger partial charge is 0.294 e. The van der Waals surface area contributed by atoms with Gasteiger partial charge in [-0.05, 0) is 37.6 Å². The minimum Gasteiger partial charge on any atom is -0.460 e. The Morgan fingerprint density at radius 1 is 1.41 bits per heavy atom. The van der Waals surface area contributed by atoms with Gasteiger partial charge >= 0.3 is 0 Å². The van der Waals surface area contributed by atoms with Gasteiger partial charge in [0, 0.05) is 6.54 Å². The number of fused-ring (bicyclic) bond motifs is 1. The maximum Gasteiger partial charge on any atom is 0.294 e. The maximum atomic E-state index is 13.0. The van der Waals surface area contributed by atoms with Crippen LogP contribution in [0.15, 0.2) is 18.2 Å². The largest absolute Gasteiger partial charge is 0.460 e. The highest BCUT2D eigenvalue weighted by Crippen LogP contribution is 2.18. The number of benzene rings is 1. The summed E-state index contributed by atoms with van der Waals surface area (Å²) < 4.78 is 18.7. The number of ether oxygens (including phenoxy) is 1. The Labute approximate surface area is 98.2 Å². The third kappa shape index (κ3) is 2.24. The summed E-state index contributed by atoms with van der Waals surface area (Å²) in [5.41, 5.74) is 1.40. The van der Waals surface area contributed by atoms with Crippen molar-refractivity contribution in [2.24, 2.45) is 0 Å². The van der Waals surface area contributed by atoms with E-state index in [1.165, 1.54) is 12.1 Å². The average Bonchev–Trinajstić information content (AvgIpc) is 2.71. The molecule has 2 N–H and O–H groups in total. The first-order valence-electron chi connectivity index (χ1n) is 5.84. The molecule has 0 spiro atoms. The van der Waals surface area contributed by atoms with Crippen molar-refractivity contribution >= 4 is 11.0 Å². The van der Waals surface area contributed by atoms with Gasteiger partial charge in [0.1, 0.15) is 11.9 Å². The van der Waals surface area contributed by atoms with Crippen LogP contribution in [0.5, 0.6) is 6.01 Å². The van der Waals surface area contributed by atoms with Crippen LogP contribution in [-0.2, 0) is 0 Å². The maximum absolute atomic E-state index is 13.0. The molecule has 17 heavy (non-hydrogen) atoms. The zero-order valence-corrected chi connectivity index (χ0v) is 9.37. The third-order valence-electron chi connectivity index (χ3n) is 2.95. The van der Waals surface area contributed by atoms with Crippen molar-refractivity contribution in [1.29, 1.82) is 0 Å². The monoisotopic (exact) mass is 235 g/mol. The lowest BCUT2D eigenvalue weighted by Gasteiger charge is -2.22. The molecule has 0 saturated carbocycles. The SMILES string of the molecule is Fc1ccc2nc(OC3CCCNC3)[nH]c2c1. The molecular formula is C12H14FN3O. The molecule has 5 heteroatoms. The minimum atomic E-state index is -0.271. The van der Waals surface area contributed by atoms with E-state index in [0.717, 1.165) is 31.4 Å². The topological polar surface area (TPSA) is 49.9 Å². The van der Waals surface area contributed by atoms with Gasteiger partial charge in [-0.25, -0.2) is 4.39 Å². The number of aromatic amines is 1. The summed E-state index contributed by atoms with van der Waals surface area (Å²) in [4.78, 5) is 7.26. The minimum absolute atomic E-state index is 0.147. The molecule has 90 valence electrons. The molecule has 1 atom stereocenters. The van der Waals surface area contributed by atoms with E-state index >= 15 is 0 Å².